The number of nitrogens with zero attached hydrogens (tertiary/aromatic N) is 2. The van der Waals surface area contributed by atoms with Crippen molar-refractivity contribution in [2.75, 3.05) is 31.1 Å². The van der Waals surface area contributed by atoms with Gasteiger partial charge in [-0.3, -0.25) is 4.98 Å². The summed E-state index contributed by atoms with van der Waals surface area (Å²) in [6, 6.07) is 8.83. The second-order valence-electron chi connectivity index (χ2n) is 5.86. The highest BCUT2D eigenvalue weighted by Gasteiger charge is 2.15. The molecule has 1 N–H and O–H groups in total. The van der Waals surface area contributed by atoms with E-state index in [-0.39, 0.29) is 24.8 Å². The first-order chi connectivity index (χ1) is 9.75. The summed E-state index contributed by atoms with van der Waals surface area (Å²) in [7, 11) is 0. The molecule has 0 amide bonds. The molecule has 0 saturated carbocycles. The monoisotopic (exact) mass is 341 g/mol. The summed E-state index contributed by atoms with van der Waals surface area (Å²) in [5, 5.41) is 4.73. The van der Waals surface area contributed by atoms with E-state index >= 15 is 0 Å². The van der Waals surface area contributed by atoms with Gasteiger partial charge in [-0.25, -0.2) is 0 Å². The molecule has 0 radical (unpaired) electrons. The van der Waals surface area contributed by atoms with Crippen molar-refractivity contribution in [2.45, 2.75) is 26.2 Å². The topological polar surface area (TPSA) is 28.2 Å². The number of anilines is 1. The van der Waals surface area contributed by atoms with Gasteiger partial charge in [0.1, 0.15) is 0 Å². The van der Waals surface area contributed by atoms with E-state index < -0.39 is 0 Å². The minimum absolute atomic E-state index is 0. The van der Waals surface area contributed by atoms with Crippen LogP contribution in [0.1, 0.15) is 31.7 Å². The highest BCUT2D eigenvalue weighted by atomic mass is 35.5. The van der Waals surface area contributed by atoms with Crippen molar-refractivity contribution in [1.82, 2.24) is 10.3 Å². The Morgan fingerprint density at radius 3 is 2.73 bits per heavy atom. The van der Waals surface area contributed by atoms with Crippen LogP contribution in [0.4, 0.5) is 5.69 Å². The Morgan fingerprint density at radius 1 is 1.14 bits per heavy atom. The second-order valence-corrected chi connectivity index (χ2v) is 5.86. The first kappa shape index (κ1) is 19.0. The number of fused-ring (bicyclic) bond motifs is 1. The average Bonchev–Trinajstić information content (AvgIpc) is 2.75. The minimum atomic E-state index is 0. The molecule has 3 rings (SSSR count). The lowest BCUT2D eigenvalue weighted by Gasteiger charge is -2.25. The molecule has 1 saturated heterocycles. The summed E-state index contributed by atoms with van der Waals surface area (Å²) in [5.41, 5.74) is 3.84. The van der Waals surface area contributed by atoms with Gasteiger partial charge in [0.2, 0.25) is 0 Å². The van der Waals surface area contributed by atoms with Crippen molar-refractivity contribution in [3.05, 3.63) is 36.0 Å². The van der Waals surface area contributed by atoms with Gasteiger partial charge in [0.25, 0.3) is 0 Å². The van der Waals surface area contributed by atoms with E-state index in [0.717, 1.165) is 31.7 Å². The standard InChI is InChI=1S/C17H23N3.2ClH/c1-13(2)15-11-14-5-3-7-19-17(14)16(12-15)20-9-4-6-18-8-10-20;;/h3,5,7,11-13,18H,4,6,8-10H2,1-2H3;2*1H. The molecule has 1 aromatic carbocycles. The third-order valence-corrected chi connectivity index (χ3v) is 4.05. The number of benzene rings is 1. The summed E-state index contributed by atoms with van der Waals surface area (Å²) in [6.07, 6.45) is 3.09. The molecular formula is C17H25Cl2N3. The first-order valence-electron chi connectivity index (χ1n) is 7.60. The lowest BCUT2D eigenvalue weighted by molar-refractivity contribution is 0.724. The van der Waals surface area contributed by atoms with E-state index in [1.54, 1.807) is 0 Å². The zero-order chi connectivity index (χ0) is 13.9. The second kappa shape index (κ2) is 8.56. The van der Waals surface area contributed by atoms with Crippen LogP contribution in [-0.2, 0) is 0 Å². The van der Waals surface area contributed by atoms with Gasteiger partial charge < -0.3 is 10.2 Å². The van der Waals surface area contributed by atoms with Crippen molar-refractivity contribution in [3.8, 4) is 0 Å². The number of nitrogens with one attached hydrogen (secondary N) is 1. The van der Waals surface area contributed by atoms with Gasteiger partial charge in [0.15, 0.2) is 0 Å². The van der Waals surface area contributed by atoms with Gasteiger partial charge in [-0.1, -0.05) is 19.9 Å². The van der Waals surface area contributed by atoms with Gasteiger partial charge >= 0.3 is 0 Å². The summed E-state index contributed by atoms with van der Waals surface area (Å²) in [5.74, 6) is 0.545. The largest absolute Gasteiger partial charge is 0.368 e. The van der Waals surface area contributed by atoms with E-state index in [9.17, 15) is 0 Å². The smallest absolute Gasteiger partial charge is 0.0935 e. The van der Waals surface area contributed by atoms with Crippen LogP contribution in [0.25, 0.3) is 10.9 Å². The van der Waals surface area contributed by atoms with Crippen molar-refractivity contribution in [1.29, 1.82) is 0 Å². The molecule has 2 heterocycles. The third-order valence-electron chi connectivity index (χ3n) is 4.05. The molecule has 1 aliphatic rings. The number of aromatic nitrogens is 1. The molecule has 0 spiro atoms. The molecule has 0 unspecified atom stereocenters. The Hall–Kier alpha value is -1.03. The quantitative estimate of drug-likeness (QED) is 0.894. The van der Waals surface area contributed by atoms with E-state index in [0.29, 0.717) is 5.92 Å². The normalized spacial score (nSPS) is 15.1. The van der Waals surface area contributed by atoms with Crippen LogP contribution in [0, 0.1) is 0 Å². The third kappa shape index (κ3) is 4.03. The molecule has 3 nitrogen and oxygen atoms in total. The Bertz CT molecular complexity index is 593. The van der Waals surface area contributed by atoms with Crippen LogP contribution in [-0.4, -0.2) is 31.2 Å². The predicted molar refractivity (Wildman–Crippen MR) is 100 cm³/mol. The molecule has 22 heavy (non-hydrogen) atoms. The summed E-state index contributed by atoms with van der Waals surface area (Å²) < 4.78 is 0. The molecule has 1 aliphatic heterocycles. The number of hydrogen-bond donors (Lipinski definition) is 1. The SMILES string of the molecule is CC(C)c1cc(N2CCCNCC2)c2ncccc2c1.Cl.Cl. The first-order valence-corrected chi connectivity index (χ1v) is 7.60. The zero-order valence-corrected chi connectivity index (χ0v) is 14.8. The van der Waals surface area contributed by atoms with Gasteiger partial charge in [0.05, 0.1) is 11.2 Å². The minimum Gasteiger partial charge on any atom is -0.368 e. The highest BCUT2D eigenvalue weighted by Crippen LogP contribution is 2.30. The maximum atomic E-state index is 4.63. The molecule has 0 bridgehead atoms. The highest BCUT2D eigenvalue weighted by molar-refractivity contribution is 5.91. The van der Waals surface area contributed by atoms with Crippen molar-refractivity contribution >= 4 is 41.4 Å². The Kier molecular flexibility index (Phi) is 7.40. The van der Waals surface area contributed by atoms with Crippen LogP contribution in [0.2, 0.25) is 0 Å². The summed E-state index contributed by atoms with van der Waals surface area (Å²) >= 11 is 0. The number of rotatable bonds is 2. The predicted octanol–water partition coefficient (Wildman–Crippen LogP) is 4.00. The fourth-order valence-electron chi connectivity index (χ4n) is 2.86. The van der Waals surface area contributed by atoms with Crippen molar-refractivity contribution in [3.63, 3.8) is 0 Å². The molecule has 0 atom stereocenters. The van der Waals surface area contributed by atoms with Crippen molar-refractivity contribution < 1.29 is 0 Å². The van der Waals surface area contributed by atoms with Crippen LogP contribution in [0.3, 0.4) is 0 Å². The maximum Gasteiger partial charge on any atom is 0.0935 e. The fourth-order valence-corrected chi connectivity index (χ4v) is 2.86. The zero-order valence-electron chi connectivity index (χ0n) is 13.2. The number of halogens is 2. The van der Waals surface area contributed by atoms with Gasteiger partial charge in [-0.15, -0.1) is 24.8 Å². The maximum absolute atomic E-state index is 4.63. The molecule has 1 fully saturated rings. The fraction of sp³-hybridized carbons (Fsp3) is 0.471. The van der Waals surface area contributed by atoms with Crippen LogP contribution < -0.4 is 10.2 Å². The molecule has 0 aliphatic carbocycles. The summed E-state index contributed by atoms with van der Waals surface area (Å²) in [4.78, 5) is 7.11. The van der Waals surface area contributed by atoms with Gasteiger partial charge in [-0.05, 0) is 42.6 Å². The lowest BCUT2D eigenvalue weighted by atomic mass is 9.99. The Balaban J connectivity index is 0.00000121. The average molecular weight is 342 g/mol. The number of pyridine rings is 1. The lowest BCUT2D eigenvalue weighted by Crippen LogP contribution is -2.28. The molecule has 5 heteroatoms. The molecule has 1 aromatic heterocycles. The number of hydrogen-bond acceptors (Lipinski definition) is 3. The summed E-state index contributed by atoms with van der Waals surface area (Å²) in [6.45, 7) is 8.86. The molecule has 122 valence electrons. The van der Waals surface area contributed by atoms with Crippen LogP contribution >= 0.6 is 24.8 Å². The van der Waals surface area contributed by atoms with E-state index in [1.807, 2.05) is 12.3 Å². The van der Waals surface area contributed by atoms with E-state index in [1.165, 1.54) is 23.1 Å². The Morgan fingerprint density at radius 2 is 1.95 bits per heavy atom. The van der Waals surface area contributed by atoms with Crippen molar-refractivity contribution in [2.24, 2.45) is 0 Å². The molecular weight excluding hydrogens is 317 g/mol. The van der Waals surface area contributed by atoms with Crippen LogP contribution in [0.15, 0.2) is 30.5 Å². The van der Waals surface area contributed by atoms with E-state index in [4.69, 9.17) is 0 Å². The van der Waals surface area contributed by atoms with E-state index in [2.05, 4.69) is 47.2 Å². The van der Waals surface area contributed by atoms with Crippen LogP contribution in [0.5, 0.6) is 0 Å². The molecule has 2 aromatic rings. The van der Waals surface area contributed by atoms with Gasteiger partial charge in [0, 0.05) is 31.2 Å². The van der Waals surface area contributed by atoms with Gasteiger partial charge in [-0.2, -0.15) is 0 Å². The Labute approximate surface area is 145 Å².